The Hall–Kier alpha value is -3.39. The first-order chi connectivity index (χ1) is 15.4. The van der Waals surface area contributed by atoms with Gasteiger partial charge >= 0.3 is 5.97 Å². The summed E-state index contributed by atoms with van der Waals surface area (Å²) in [6.07, 6.45) is 0. The molecule has 2 amide bonds. The summed E-state index contributed by atoms with van der Waals surface area (Å²) in [7, 11) is 1.37. The van der Waals surface area contributed by atoms with Crippen molar-refractivity contribution in [1.29, 1.82) is 0 Å². The lowest BCUT2D eigenvalue weighted by Gasteiger charge is -2.40. The smallest absolute Gasteiger partial charge is 0.337 e. The molecule has 2 aromatic carbocycles. The van der Waals surface area contributed by atoms with Gasteiger partial charge in [-0.05, 0) is 56.3 Å². The quantitative estimate of drug-likeness (QED) is 0.645. The molecule has 0 bridgehead atoms. The Morgan fingerprint density at radius 1 is 1.06 bits per heavy atom. The third kappa shape index (κ3) is 5.85. The highest BCUT2D eigenvalue weighted by molar-refractivity contribution is 5.97. The van der Waals surface area contributed by atoms with Crippen molar-refractivity contribution in [3.05, 3.63) is 59.7 Å². The van der Waals surface area contributed by atoms with Crippen LogP contribution in [-0.2, 0) is 9.53 Å². The van der Waals surface area contributed by atoms with Gasteiger partial charge in [0, 0.05) is 49.2 Å². The van der Waals surface area contributed by atoms with Gasteiger partial charge in [0.1, 0.15) is 0 Å². The fourth-order valence-electron chi connectivity index (χ4n) is 3.78. The van der Waals surface area contributed by atoms with Gasteiger partial charge in [0.2, 0.25) is 5.91 Å². The molecule has 0 aromatic heterocycles. The van der Waals surface area contributed by atoms with Crippen LogP contribution in [0.2, 0.25) is 0 Å². The molecule has 2 aromatic rings. The maximum atomic E-state index is 12.6. The van der Waals surface area contributed by atoms with E-state index in [1.807, 2.05) is 19.1 Å². The minimum absolute atomic E-state index is 0.110. The normalized spacial score (nSPS) is 16.3. The van der Waals surface area contributed by atoms with Gasteiger partial charge in [0.25, 0.3) is 5.91 Å². The number of methoxy groups -OCH3 is 1. The lowest BCUT2D eigenvalue weighted by atomic mass is 10.1. The number of hydrogen-bond acceptors (Lipinski definition) is 6. The number of ether oxygens (including phenoxy) is 1. The van der Waals surface area contributed by atoms with Crippen LogP contribution in [0.15, 0.2) is 48.5 Å². The first kappa shape index (κ1) is 23.3. The largest absolute Gasteiger partial charge is 0.465 e. The Kier molecular flexibility index (Phi) is 7.83. The molecule has 1 fully saturated rings. The Morgan fingerprint density at radius 2 is 1.81 bits per heavy atom. The highest BCUT2D eigenvalue weighted by Gasteiger charge is 2.25. The highest BCUT2D eigenvalue weighted by Crippen LogP contribution is 2.20. The summed E-state index contributed by atoms with van der Waals surface area (Å²) in [4.78, 5) is 40.6. The van der Waals surface area contributed by atoms with Crippen LogP contribution in [0, 0.1) is 0 Å². The summed E-state index contributed by atoms with van der Waals surface area (Å²) in [5.41, 5.74) is 2.69. The number of nitrogens with zero attached hydrogens (tertiary/aromatic N) is 2. The van der Waals surface area contributed by atoms with E-state index in [9.17, 15) is 14.4 Å². The Balaban J connectivity index is 1.54. The van der Waals surface area contributed by atoms with Gasteiger partial charge in [-0.1, -0.05) is 6.07 Å². The molecular weight excluding hydrogens is 408 g/mol. The van der Waals surface area contributed by atoms with E-state index in [0.29, 0.717) is 23.4 Å². The maximum absolute atomic E-state index is 12.6. The first-order valence-corrected chi connectivity index (χ1v) is 10.8. The molecule has 0 saturated carbocycles. The van der Waals surface area contributed by atoms with Crippen molar-refractivity contribution in [2.24, 2.45) is 0 Å². The molecule has 0 spiro atoms. The zero-order valence-corrected chi connectivity index (χ0v) is 18.8. The van der Waals surface area contributed by atoms with Crippen LogP contribution in [0.1, 0.15) is 34.6 Å². The average Bonchev–Trinajstić information content (AvgIpc) is 2.80. The summed E-state index contributed by atoms with van der Waals surface area (Å²) in [6.45, 7) is 7.09. The van der Waals surface area contributed by atoms with Gasteiger partial charge in [-0.15, -0.1) is 0 Å². The van der Waals surface area contributed by atoms with E-state index in [0.717, 1.165) is 25.3 Å². The Morgan fingerprint density at radius 3 is 2.47 bits per heavy atom. The minimum atomic E-state index is -0.350. The van der Waals surface area contributed by atoms with E-state index in [4.69, 9.17) is 4.74 Å². The SMILES string of the molecule is CCNC(=O)c1cccc(NC(=O)CN2CCN(c3ccc(C(=O)OC)cc3)CC2C)c1. The van der Waals surface area contributed by atoms with Crippen molar-refractivity contribution >= 4 is 29.2 Å². The summed E-state index contributed by atoms with van der Waals surface area (Å²) in [5.74, 6) is -0.619. The van der Waals surface area contributed by atoms with Gasteiger partial charge in [-0.25, -0.2) is 4.79 Å². The molecule has 1 saturated heterocycles. The third-order valence-electron chi connectivity index (χ3n) is 5.51. The van der Waals surface area contributed by atoms with E-state index in [2.05, 4.69) is 27.4 Å². The minimum Gasteiger partial charge on any atom is -0.465 e. The van der Waals surface area contributed by atoms with Crippen LogP contribution in [0.5, 0.6) is 0 Å². The standard InChI is InChI=1S/C24H30N4O4/c1-4-25-23(30)19-6-5-7-20(14-19)26-22(29)16-27-12-13-28(15-17(27)2)21-10-8-18(9-11-21)24(31)32-3/h5-11,14,17H,4,12-13,15-16H2,1-3H3,(H,25,30)(H,26,29). The molecule has 3 rings (SSSR count). The molecule has 1 aliphatic heterocycles. The Bertz CT molecular complexity index is 961. The van der Waals surface area contributed by atoms with Crippen LogP contribution in [0.3, 0.4) is 0 Å². The number of nitrogens with one attached hydrogen (secondary N) is 2. The second-order valence-corrected chi connectivity index (χ2v) is 7.79. The first-order valence-electron chi connectivity index (χ1n) is 10.8. The van der Waals surface area contributed by atoms with E-state index < -0.39 is 0 Å². The molecular formula is C24H30N4O4. The fourth-order valence-corrected chi connectivity index (χ4v) is 3.78. The van der Waals surface area contributed by atoms with Crippen molar-refractivity contribution in [3.63, 3.8) is 0 Å². The summed E-state index contributed by atoms with van der Waals surface area (Å²) < 4.78 is 4.74. The molecule has 2 N–H and O–H groups in total. The number of carbonyl (C=O) groups is 3. The number of anilines is 2. The van der Waals surface area contributed by atoms with E-state index >= 15 is 0 Å². The number of hydrogen-bond donors (Lipinski definition) is 2. The van der Waals surface area contributed by atoms with Gasteiger partial charge in [0.05, 0.1) is 19.2 Å². The van der Waals surface area contributed by atoms with Gasteiger partial charge in [-0.3, -0.25) is 14.5 Å². The second-order valence-electron chi connectivity index (χ2n) is 7.79. The van der Waals surface area contributed by atoms with Crippen molar-refractivity contribution < 1.29 is 19.1 Å². The maximum Gasteiger partial charge on any atom is 0.337 e. The van der Waals surface area contributed by atoms with Crippen LogP contribution in [0.25, 0.3) is 0 Å². The van der Waals surface area contributed by atoms with Crippen LogP contribution in [-0.4, -0.2) is 68.6 Å². The zero-order valence-electron chi connectivity index (χ0n) is 18.8. The zero-order chi connectivity index (χ0) is 23.1. The molecule has 0 aliphatic carbocycles. The summed E-state index contributed by atoms with van der Waals surface area (Å²) in [5, 5.41) is 5.65. The van der Waals surface area contributed by atoms with Gasteiger partial charge in [-0.2, -0.15) is 0 Å². The number of piperazine rings is 1. The highest BCUT2D eigenvalue weighted by atomic mass is 16.5. The molecule has 170 valence electrons. The van der Waals surface area contributed by atoms with Crippen molar-refractivity contribution in [1.82, 2.24) is 10.2 Å². The van der Waals surface area contributed by atoms with Crippen LogP contribution in [0.4, 0.5) is 11.4 Å². The lowest BCUT2D eigenvalue weighted by molar-refractivity contribution is -0.117. The molecule has 8 nitrogen and oxygen atoms in total. The Labute approximate surface area is 188 Å². The van der Waals surface area contributed by atoms with Crippen LogP contribution < -0.4 is 15.5 Å². The molecule has 32 heavy (non-hydrogen) atoms. The van der Waals surface area contributed by atoms with E-state index in [-0.39, 0.29) is 30.4 Å². The molecule has 0 radical (unpaired) electrons. The molecule has 1 heterocycles. The summed E-state index contributed by atoms with van der Waals surface area (Å²) >= 11 is 0. The molecule has 1 unspecified atom stereocenters. The lowest BCUT2D eigenvalue weighted by Crippen LogP contribution is -2.53. The number of benzene rings is 2. The molecule has 8 heteroatoms. The molecule has 1 aliphatic rings. The van der Waals surface area contributed by atoms with Gasteiger partial charge in [0.15, 0.2) is 0 Å². The van der Waals surface area contributed by atoms with Crippen molar-refractivity contribution in [2.45, 2.75) is 19.9 Å². The number of carbonyl (C=O) groups excluding carboxylic acids is 3. The third-order valence-corrected chi connectivity index (χ3v) is 5.51. The second kappa shape index (κ2) is 10.8. The van der Waals surface area contributed by atoms with E-state index in [1.54, 1.807) is 36.4 Å². The predicted octanol–water partition coefficient (Wildman–Crippen LogP) is 2.37. The predicted molar refractivity (Wildman–Crippen MR) is 124 cm³/mol. The number of esters is 1. The number of amides is 2. The van der Waals surface area contributed by atoms with Gasteiger partial charge < -0.3 is 20.3 Å². The van der Waals surface area contributed by atoms with E-state index in [1.165, 1.54) is 7.11 Å². The van der Waals surface area contributed by atoms with Crippen molar-refractivity contribution in [2.75, 3.05) is 50.1 Å². The van der Waals surface area contributed by atoms with Crippen molar-refractivity contribution in [3.8, 4) is 0 Å². The monoisotopic (exact) mass is 438 g/mol. The average molecular weight is 439 g/mol. The fraction of sp³-hybridized carbons (Fsp3) is 0.375. The molecule has 1 atom stereocenters. The number of rotatable bonds is 7. The topological polar surface area (TPSA) is 91.0 Å². The summed E-state index contributed by atoms with van der Waals surface area (Å²) in [6, 6.07) is 14.5. The van der Waals surface area contributed by atoms with Crippen LogP contribution >= 0.6 is 0 Å².